The first-order valence-corrected chi connectivity index (χ1v) is 4.52. The molecule has 1 aromatic rings. The number of hydrogen-bond acceptors (Lipinski definition) is 4. The van der Waals surface area contributed by atoms with Crippen LogP contribution < -0.4 is 5.32 Å². The molecule has 0 saturated carbocycles. The zero-order valence-corrected chi connectivity index (χ0v) is 7.91. The van der Waals surface area contributed by atoms with Crippen LogP contribution in [0, 0.1) is 6.92 Å². The van der Waals surface area contributed by atoms with Crippen molar-refractivity contribution in [3.8, 4) is 0 Å². The van der Waals surface area contributed by atoms with Crippen molar-refractivity contribution in [2.75, 3.05) is 13.2 Å². The molecule has 1 aromatic heterocycles. The van der Waals surface area contributed by atoms with E-state index in [0.29, 0.717) is 12.6 Å². The number of nitrogens with zero attached hydrogens (tertiary/aromatic N) is 1. The van der Waals surface area contributed by atoms with Crippen molar-refractivity contribution in [3.63, 3.8) is 0 Å². The van der Waals surface area contributed by atoms with Gasteiger partial charge in [-0.05, 0) is 13.8 Å². The Kier molecular flexibility index (Phi) is 2.33. The van der Waals surface area contributed by atoms with Crippen molar-refractivity contribution < 1.29 is 9.26 Å². The average Bonchev–Trinajstić information content (AvgIpc) is 2.52. The maximum absolute atomic E-state index is 5.41. The quantitative estimate of drug-likeness (QED) is 0.704. The van der Waals surface area contributed by atoms with E-state index in [1.54, 1.807) is 0 Å². The van der Waals surface area contributed by atoms with Gasteiger partial charge in [0.25, 0.3) is 0 Å². The minimum Gasteiger partial charge on any atom is -0.378 e. The number of morpholine rings is 1. The van der Waals surface area contributed by atoms with Gasteiger partial charge in [0, 0.05) is 12.1 Å². The molecule has 1 saturated heterocycles. The normalized spacial score (nSPS) is 29.1. The fourth-order valence-corrected chi connectivity index (χ4v) is 1.52. The van der Waals surface area contributed by atoms with Gasteiger partial charge in [0.15, 0.2) is 0 Å². The summed E-state index contributed by atoms with van der Waals surface area (Å²) in [5.74, 6) is 0.843. The molecular weight excluding hydrogens is 168 g/mol. The number of nitrogens with one attached hydrogen (secondary N) is 1. The van der Waals surface area contributed by atoms with Crippen LogP contribution in [0.1, 0.15) is 24.4 Å². The first-order chi connectivity index (χ1) is 6.25. The third-order valence-electron chi connectivity index (χ3n) is 2.14. The van der Waals surface area contributed by atoms with E-state index in [4.69, 9.17) is 9.26 Å². The number of aryl methyl sites for hydroxylation is 1. The Morgan fingerprint density at radius 3 is 3.00 bits per heavy atom. The number of rotatable bonds is 1. The standard InChI is InChI=1S/C9H14N2O2/c1-6-4-12-5-9(10-6)8-3-7(2)13-11-8/h3,6,9-10H,4-5H2,1-2H3. The Morgan fingerprint density at radius 1 is 1.54 bits per heavy atom. The lowest BCUT2D eigenvalue weighted by atomic mass is 10.1. The number of hydrogen-bond donors (Lipinski definition) is 1. The summed E-state index contributed by atoms with van der Waals surface area (Å²) in [6, 6.07) is 2.51. The van der Waals surface area contributed by atoms with Gasteiger partial charge in [0.05, 0.1) is 19.3 Å². The van der Waals surface area contributed by atoms with E-state index in [0.717, 1.165) is 18.1 Å². The minimum atomic E-state index is 0.182. The molecule has 0 bridgehead atoms. The predicted molar refractivity (Wildman–Crippen MR) is 47.4 cm³/mol. The van der Waals surface area contributed by atoms with E-state index in [1.165, 1.54) is 0 Å². The Balaban J connectivity index is 2.08. The average molecular weight is 182 g/mol. The summed E-state index contributed by atoms with van der Waals surface area (Å²) >= 11 is 0. The highest BCUT2D eigenvalue weighted by Gasteiger charge is 2.22. The van der Waals surface area contributed by atoms with Crippen molar-refractivity contribution in [1.82, 2.24) is 10.5 Å². The molecule has 4 nitrogen and oxygen atoms in total. The third-order valence-corrected chi connectivity index (χ3v) is 2.14. The fourth-order valence-electron chi connectivity index (χ4n) is 1.52. The second kappa shape index (κ2) is 3.47. The monoisotopic (exact) mass is 182 g/mol. The first-order valence-electron chi connectivity index (χ1n) is 4.52. The predicted octanol–water partition coefficient (Wildman–Crippen LogP) is 1.03. The first kappa shape index (κ1) is 8.72. The van der Waals surface area contributed by atoms with E-state index in [1.807, 2.05) is 13.0 Å². The highest BCUT2D eigenvalue weighted by atomic mass is 16.5. The molecule has 1 fully saturated rings. The van der Waals surface area contributed by atoms with Crippen LogP contribution in [0.25, 0.3) is 0 Å². The lowest BCUT2D eigenvalue weighted by Gasteiger charge is -2.27. The van der Waals surface area contributed by atoms with Crippen LogP contribution >= 0.6 is 0 Å². The molecule has 2 rings (SSSR count). The van der Waals surface area contributed by atoms with Gasteiger partial charge in [-0.3, -0.25) is 0 Å². The number of ether oxygens (including phenoxy) is 1. The van der Waals surface area contributed by atoms with E-state index in [9.17, 15) is 0 Å². The summed E-state index contributed by atoms with van der Waals surface area (Å²) < 4.78 is 10.4. The lowest BCUT2D eigenvalue weighted by Crippen LogP contribution is -2.41. The molecule has 4 heteroatoms. The van der Waals surface area contributed by atoms with Crippen LogP contribution in [0.5, 0.6) is 0 Å². The van der Waals surface area contributed by atoms with Crippen LogP contribution in [0.4, 0.5) is 0 Å². The minimum absolute atomic E-state index is 0.182. The van der Waals surface area contributed by atoms with Crippen molar-refractivity contribution in [1.29, 1.82) is 0 Å². The molecular formula is C9H14N2O2. The number of aromatic nitrogens is 1. The molecule has 0 aliphatic carbocycles. The Morgan fingerprint density at radius 2 is 2.38 bits per heavy atom. The molecule has 72 valence electrons. The lowest BCUT2D eigenvalue weighted by molar-refractivity contribution is 0.0482. The molecule has 0 spiro atoms. The van der Waals surface area contributed by atoms with Crippen molar-refractivity contribution in [2.24, 2.45) is 0 Å². The van der Waals surface area contributed by atoms with Gasteiger partial charge in [0.2, 0.25) is 0 Å². The van der Waals surface area contributed by atoms with Crippen molar-refractivity contribution >= 4 is 0 Å². The molecule has 2 unspecified atom stereocenters. The molecule has 1 N–H and O–H groups in total. The van der Waals surface area contributed by atoms with Gasteiger partial charge >= 0.3 is 0 Å². The third kappa shape index (κ3) is 1.89. The Bertz CT molecular complexity index is 285. The SMILES string of the molecule is Cc1cc(C2COCC(C)N2)no1. The summed E-state index contributed by atoms with van der Waals surface area (Å²) in [7, 11) is 0. The van der Waals surface area contributed by atoms with E-state index < -0.39 is 0 Å². The summed E-state index contributed by atoms with van der Waals surface area (Å²) in [6.07, 6.45) is 0. The van der Waals surface area contributed by atoms with Crippen LogP contribution in [0.15, 0.2) is 10.6 Å². The van der Waals surface area contributed by atoms with Gasteiger partial charge in [-0.25, -0.2) is 0 Å². The highest BCUT2D eigenvalue weighted by molar-refractivity contribution is 5.09. The second-order valence-electron chi connectivity index (χ2n) is 3.52. The van der Waals surface area contributed by atoms with Crippen LogP contribution in [0.3, 0.4) is 0 Å². The van der Waals surface area contributed by atoms with Crippen LogP contribution in [-0.2, 0) is 4.74 Å². The van der Waals surface area contributed by atoms with Gasteiger partial charge in [-0.1, -0.05) is 5.16 Å². The topological polar surface area (TPSA) is 47.3 Å². The molecule has 0 amide bonds. The molecule has 0 aromatic carbocycles. The summed E-state index contributed by atoms with van der Waals surface area (Å²) in [6.45, 7) is 5.44. The van der Waals surface area contributed by atoms with Gasteiger partial charge in [-0.15, -0.1) is 0 Å². The molecule has 1 aliphatic rings. The van der Waals surface area contributed by atoms with Gasteiger partial charge in [-0.2, -0.15) is 0 Å². The van der Waals surface area contributed by atoms with E-state index in [2.05, 4.69) is 17.4 Å². The zero-order chi connectivity index (χ0) is 9.26. The summed E-state index contributed by atoms with van der Waals surface area (Å²) in [4.78, 5) is 0. The largest absolute Gasteiger partial charge is 0.378 e. The second-order valence-corrected chi connectivity index (χ2v) is 3.52. The van der Waals surface area contributed by atoms with Crippen molar-refractivity contribution in [3.05, 3.63) is 17.5 Å². The summed E-state index contributed by atoms with van der Waals surface area (Å²) in [5, 5.41) is 7.35. The smallest absolute Gasteiger partial charge is 0.133 e. The molecule has 13 heavy (non-hydrogen) atoms. The Hall–Kier alpha value is -0.870. The van der Waals surface area contributed by atoms with E-state index >= 15 is 0 Å². The van der Waals surface area contributed by atoms with Gasteiger partial charge < -0.3 is 14.6 Å². The molecule has 1 aliphatic heterocycles. The maximum Gasteiger partial charge on any atom is 0.133 e. The van der Waals surface area contributed by atoms with Crippen LogP contribution in [-0.4, -0.2) is 24.4 Å². The zero-order valence-electron chi connectivity index (χ0n) is 7.91. The highest BCUT2D eigenvalue weighted by Crippen LogP contribution is 2.16. The van der Waals surface area contributed by atoms with Crippen LogP contribution in [0.2, 0.25) is 0 Å². The van der Waals surface area contributed by atoms with E-state index in [-0.39, 0.29) is 6.04 Å². The summed E-state index contributed by atoms with van der Waals surface area (Å²) in [5.41, 5.74) is 0.934. The molecule has 0 radical (unpaired) electrons. The molecule has 2 atom stereocenters. The maximum atomic E-state index is 5.41. The molecule has 2 heterocycles. The van der Waals surface area contributed by atoms with Crippen molar-refractivity contribution in [2.45, 2.75) is 25.9 Å². The van der Waals surface area contributed by atoms with Gasteiger partial charge in [0.1, 0.15) is 11.5 Å². The fraction of sp³-hybridized carbons (Fsp3) is 0.667. The Labute approximate surface area is 77.2 Å².